The summed E-state index contributed by atoms with van der Waals surface area (Å²) in [4.78, 5) is 3.33. The van der Waals surface area contributed by atoms with E-state index in [2.05, 4.69) is 35.7 Å². The van der Waals surface area contributed by atoms with Crippen LogP contribution in [0.15, 0.2) is 41.3 Å². The number of nitrogens with one attached hydrogen (secondary N) is 1. The van der Waals surface area contributed by atoms with Gasteiger partial charge in [0.15, 0.2) is 0 Å². The van der Waals surface area contributed by atoms with Gasteiger partial charge in [-0.25, -0.2) is 0 Å². The van der Waals surface area contributed by atoms with Crippen molar-refractivity contribution in [1.29, 1.82) is 5.26 Å². The van der Waals surface area contributed by atoms with Crippen LogP contribution in [0.4, 0.5) is 5.69 Å². The van der Waals surface area contributed by atoms with Crippen molar-refractivity contribution in [2.75, 3.05) is 5.32 Å². The Morgan fingerprint density at radius 1 is 1.14 bits per heavy atom. The molecule has 108 valence electrons. The zero-order valence-corrected chi connectivity index (χ0v) is 13.5. The van der Waals surface area contributed by atoms with Crippen molar-refractivity contribution in [1.82, 2.24) is 0 Å². The molecule has 1 heterocycles. The van der Waals surface area contributed by atoms with Crippen molar-refractivity contribution in [3.05, 3.63) is 46.2 Å². The van der Waals surface area contributed by atoms with E-state index < -0.39 is 0 Å². The first kappa shape index (κ1) is 14.5. The van der Waals surface area contributed by atoms with Crippen LogP contribution in [0.25, 0.3) is 0 Å². The molecular formula is C17H18N2S2. The highest BCUT2D eigenvalue weighted by Crippen LogP contribution is 2.35. The quantitative estimate of drug-likeness (QED) is 0.817. The Kier molecular flexibility index (Phi) is 4.84. The van der Waals surface area contributed by atoms with E-state index in [1.165, 1.54) is 35.5 Å². The molecule has 2 nitrogen and oxygen atoms in total. The first-order valence-corrected chi connectivity index (χ1v) is 9.02. The molecule has 1 aromatic carbocycles. The molecule has 0 bridgehead atoms. The molecule has 0 aliphatic heterocycles. The van der Waals surface area contributed by atoms with E-state index in [-0.39, 0.29) is 0 Å². The molecule has 1 aromatic heterocycles. The van der Waals surface area contributed by atoms with Crippen LogP contribution in [-0.2, 0) is 6.54 Å². The third kappa shape index (κ3) is 4.03. The summed E-state index contributed by atoms with van der Waals surface area (Å²) in [6, 6.07) is 14.8. The molecule has 0 atom stereocenters. The summed E-state index contributed by atoms with van der Waals surface area (Å²) in [7, 11) is 0. The average molecular weight is 314 g/mol. The molecule has 3 rings (SSSR count). The molecule has 21 heavy (non-hydrogen) atoms. The van der Waals surface area contributed by atoms with Crippen molar-refractivity contribution in [2.24, 2.45) is 0 Å². The minimum absolute atomic E-state index is 0.773. The van der Waals surface area contributed by atoms with Gasteiger partial charge in [0.05, 0.1) is 0 Å². The van der Waals surface area contributed by atoms with Gasteiger partial charge in [-0.05, 0) is 49.2 Å². The molecule has 1 saturated carbocycles. The molecule has 0 spiro atoms. The van der Waals surface area contributed by atoms with Gasteiger partial charge in [-0.1, -0.05) is 12.8 Å². The van der Waals surface area contributed by atoms with Crippen molar-refractivity contribution < 1.29 is 0 Å². The van der Waals surface area contributed by atoms with Gasteiger partial charge in [0, 0.05) is 27.3 Å². The molecule has 0 unspecified atom stereocenters. The minimum Gasteiger partial charge on any atom is -0.380 e. The van der Waals surface area contributed by atoms with Crippen LogP contribution in [0, 0.1) is 11.3 Å². The average Bonchev–Trinajstić information content (AvgIpc) is 3.18. The van der Waals surface area contributed by atoms with E-state index in [1.807, 2.05) is 23.9 Å². The number of thiophene rings is 1. The van der Waals surface area contributed by atoms with Crippen molar-refractivity contribution >= 4 is 28.8 Å². The molecular weight excluding hydrogens is 296 g/mol. The van der Waals surface area contributed by atoms with Crippen molar-refractivity contribution in [2.45, 2.75) is 42.4 Å². The van der Waals surface area contributed by atoms with Gasteiger partial charge in [-0.3, -0.25) is 0 Å². The van der Waals surface area contributed by atoms with E-state index in [4.69, 9.17) is 5.26 Å². The Labute approximate surface area is 134 Å². The SMILES string of the molecule is N#Cc1ccc(CNc2ccc(SC3CCCC3)cc2)s1. The topological polar surface area (TPSA) is 35.8 Å². The van der Waals surface area contributed by atoms with Gasteiger partial charge in [0.25, 0.3) is 0 Å². The first-order valence-electron chi connectivity index (χ1n) is 7.33. The second-order valence-electron chi connectivity index (χ2n) is 5.28. The third-order valence-corrected chi connectivity index (χ3v) is 6.04. The van der Waals surface area contributed by atoms with Gasteiger partial charge in [-0.2, -0.15) is 5.26 Å². The van der Waals surface area contributed by atoms with Crippen LogP contribution in [0.3, 0.4) is 0 Å². The first-order chi connectivity index (χ1) is 10.3. The summed E-state index contributed by atoms with van der Waals surface area (Å²) in [5, 5.41) is 13.1. The van der Waals surface area contributed by atoms with E-state index in [0.717, 1.165) is 22.4 Å². The third-order valence-electron chi connectivity index (χ3n) is 3.70. The summed E-state index contributed by atoms with van der Waals surface area (Å²) >= 11 is 3.57. The maximum absolute atomic E-state index is 8.82. The molecule has 0 radical (unpaired) electrons. The van der Waals surface area contributed by atoms with Crippen LogP contribution >= 0.6 is 23.1 Å². The summed E-state index contributed by atoms with van der Waals surface area (Å²) in [5.41, 5.74) is 1.14. The predicted octanol–water partition coefficient (Wildman–Crippen LogP) is 5.27. The highest BCUT2D eigenvalue weighted by molar-refractivity contribution is 8.00. The molecule has 1 N–H and O–H groups in total. The lowest BCUT2D eigenvalue weighted by Crippen LogP contribution is -1.97. The Bertz CT molecular complexity index is 619. The van der Waals surface area contributed by atoms with Crippen molar-refractivity contribution in [3.63, 3.8) is 0 Å². The number of thioether (sulfide) groups is 1. The highest BCUT2D eigenvalue weighted by Gasteiger charge is 2.15. The van der Waals surface area contributed by atoms with E-state index in [1.54, 1.807) is 11.3 Å². The van der Waals surface area contributed by atoms with Crippen molar-refractivity contribution in [3.8, 4) is 6.07 Å². The molecule has 4 heteroatoms. The Morgan fingerprint density at radius 2 is 1.90 bits per heavy atom. The maximum atomic E-state index is 8.82. The van der Waals surface area contributed by atoms with Crippen LogP contribution in [-0.4, -0.2) is 5.25 Å². The number of hydrogen-bond acceptors (Lipinski definition) is 4. The van der Waals surface area contributed by atoms with Gasteiger partial charge < -0.3 is 5.32 Å². The fourth-order valence-corrected chi connectivity index (χ4v) is 4.56. The number of hydrogen-bond donors (Lipinski definition) is 1. The second kappa shape index (κ2) is 7.02. The van der Waals surface area contributed by atoms with Crippen LogP contribution in [0.2, 0.25) is 0 Å². The number of rotatable bonds is 5. The van der Waals surface area contributed by atoms with Gasteiger partial charge in [0.1, 0.15) is 10.9 Å². The lowest BCUT2D eigenvalue weighted by atomic mass is 10.3. The summed E-state index contributed by atoms with van der Waals surface area (Å²) in [5.74, 6) is 0. The summed E-state index contributed by atoms with van der Waals surface area (Å²) in [6.45, 7) is 0.779. The number of nitrogens with zero attached hydrogens (tertiary/aromatic N) is 1. The number of benzene rings is 1. The zero-order chi connectivity index (χ0) is 14.5. The Morgan fingerprint density at radius 3 is 2.57 bits per heavy atom. The molecule has 1 fully saturated rings. The molecule has 1 aliphatic rings. The Hall–Kier alpha value is -1.44. The second-order valence-corrected chi connectivity index (χ2v) is 7.82. The maximum Gasteiger partial charge on any atom is 0.110 e. The zero-order valence-electron chi connectivity index (χ0n) is 11.8. The standard InChI is InChI=1S/C17H18N2S2/c18-11-16-9-10-17(21-16)12-19-13-5-7-15(8-6-13)20-14-3-1-2-4-14/h5-10,14,19H,1-4,12H2. The normalized spacial score (nSPS) is 15.0. The highest BCUT2D eigenvalue weighted by atomic mass is 32.2. The monoisotopic (exact) mass is 314 g/mol. The van der Waals surface area contributed by atoms with Gasteiger partial charge in [-0.15, -0.1) is 23.1 Å². The number of nitriles is 1. The lowest BCUT2D eigenvalue weighted by molar-refractivity contribution is 0.886. The molecule has 0 saturated heterocycles. The van der Waals surface area contributed by atoms with E-state index in [9.17, 15) is 0 Å². The minimum atomic E-state index is 0.773. The number of anilines is 1. The van der Waals surface area contributed by atoms with Gasteiger partial charge >= 0.3 is 0 Å². The van der Waals surface area contributed by atoms with Crippen LogP contribution in [0.1, 0.15) is 35.4 Å². The fraction of sp³-hybridized carbons (Fsp3) is 0.353. The van der Waals surface area contributed by atoms with Gasteiger partial charge in [0.2, 0.25) is 0 Å². The predicted molar refractivity (Wildman–Crippen MR) is 90.9 cm³/mol. The fourth-order valence-electron chi connectivity index (χ4n) is 2.57. The lowest BCUT2D eigenvalue weighted by Gasteiger charge is -2.10. The van der Waals surface area contributed by atoms with E-state index >= 15 is 0 Å². The summed E-state index contributed by atoms with van der Waals surface area (Å²) < 4.78 is 0. The molecule has 2 aromatic rings. The summed E-state index contributed by atoms with van der Waals surface area (Å²) in [6.07, 6.45) is 5.51. The smallest absolute Gasteiger partial charge is 0.110 e. The Balaban J connectivity index is 1.53. The van der Waals surface area contributed by atoms with Crippen LogP contribution in [0.5, 0.6) is 0 Å². The molecule has 0 amide bonds. The molecule has 1 aliphatic carbocycles. The largest absolute Gasteiger partial charge is 0.380 e. The van der Waals surface area contributed by atoms with Crippen LogP contribution < -0.4 is 5.32 Å². The van der Waals surface area contributed by atoms with E-state index in [0.29, 0.717) is 0 Å².